The normalized spacial score (nSPS) is 10.8. The predicted octanol–water partition coefficient (Wildman–Crippen LogP) is 3.11. The molecule has 0 amide bonds. The number of nitriles is 1. The molecule has 14 heavy (non-hydrogen) atoms. The molecule has 0 aromatic heterocycles. The highest BCUT2D eigenvalue weighted by Gasteiger charge is 2.31. The molecule has 0 N–H and O–H groups in total. The minimum Gasteiger partial charge on any atom is -0.404 e. The van der Waals surface area contributed by atoms with Gasteiger partial charge in [-0.05, 0) is 18.2 Å². The van der Waals surface area contributed by atoms with Crippen LogP contribution in [0.3, 0.4) is 0 Å². The first-order chi connectivity index (χ1) is 6.42. The van der Waals surface area contributed by atoms with Crippen molar-refractivity contribution in [1.82, 2.24) is 0 Å². The van der Waals surface area contributed by atoms with E-state index < -0.39 is 12.1 Å². The molecule has 0 aliphatic carbocycles. The predicted molar refractivity (Wildman–Crippen MR) is 42.9 cm³/mol. The fourth-order valence-corrected chi connectivity index (χ4v) is 0.997. The van der Waals surface area contributed by atoms with Crippen molar-refractivity contribution in [2.24, 2.45) is 0 Å². The van der Waals surface area contributed by atoms with Crippen molar-refractivity contribution in [2.75, 3.05) is 0 Å². The summed E-state index contributed by atoms with van der Waals surface area (Å²) in [5.74, 6) is -0.516. The van der Waals surface area contributed by atoms with Crippen molar-refractivity contribution in [2.45, 2.75) is 6.36 Å². The number of nitrogens with zero attached hydrogens (tertiary/aromatic N) is 1. The molecule has 0 aliphatic heterocycles. The number of rotatable bonds is 1. The van der Waals surface area contributed by atoms with Gasteiger partial charge < -0.3 is 4.74 Å². The lowest BCUT2D eigenvalue weighted by atomic mass is 10.2. The van der Waals surface area contributed by atoms with E-state index in [2.05, 4.69) is 4.74 Å². The quantitative estimate of drug-likeness (QED) is 0.730. The topological polar surface area (TPSA) is 33.0 Å². The van der Waals surface area contributed by atoms with E-state index in [1.54, 1.807) is 6.07 Å². The zero-order valence-electron chi connectivity index (χ0n) is 6.60. The molecule has 0 radical (unpaired) electrons. The Morgan fingerprint density at radius 2 is 2.00 bits per heavy atom. The molecule has 2 nitrogen and oxygen atoms in total. The van der Waals surface area contributed by atoms with Gasteiger partial charge in [0.2, 0.25) is 0 Å². The molecular weight excluding hydrogens is 219 g/mol. The zero-order chi connectivity index (χ0) is 10.8. The number of halogens is 4. The number of hydrogen-bond acceptors (Lipinski definition) is 2. The smallest absolute Gasteiger partial charge is 0.404 e. The number of hydrogen-bond donors (Lipinski definition) is 0. The van der Waals surface area contributed by atoms with Crippen molar-refractivity contribution < 1.29 is 17.9 Å². The molecule has 0 fully saturated rings. The van der Waals surface area contributed by atoms with Crippen LogP contribution >= 0.6 is 11.6 Å². The van der Waals surface area contributed by atoms with E-state index in [0.717, 1.165) is 12.1 Å². The summed E-state index contributed by atoms with van der Waals surface area (Å²) in [4.78, 5) is 0. The lowest BCUT2D eigenvalue weighted by Crippen LogP contribution is -2.17. The Morgan fingerprint density at radius 1 is 1.36 bits per heavy atom. The van der Waals surface area contributed by atoms with E-state index in [4.69, 9.17) is 16.9 Å². The third-order valence-electron chi connectivity index (χ3n) is 1.29. The van der Waals surface area contributed by atoms with E-state index in [-0.39, 0.29) is 10.6 Å². The van der Waals surface area contributed by atoms with Gasteiger partial charge in [-0.25, -0.2) is 0 Å². The molecule has 0 saturated carbocycles. The molecule has 0 unspecified atom stereocenters. The van der Waals surface area contributed by atoms with E-state index in [9.17, 15) is 13.2 Å². The Kier molecular flexibility index (Phi) is 2.87. The zero-order valence-corrected chi connectivity index (χ0v) is 7.36. The van der Waals surface area contributed by atoms with Crippen molar-refractivity contribution in [3.63, 3.8) is 0 Å². The van der Waals surface area contributed by atoms with Crippen LogP contribution in [0.5, 0.6) is 5.75 Å². The fourth-order valence-electron chi connectivity index (χ4n) is 0.778. The van der Waals surface area contributed by atoms with Gasteiger partial charge in [-0.2, -0.15) is 5.26 Å². The van der Waals surface area contributed by atoms with Crippen LogP contribution in [0.1, 0.15) is 5.56 Å². The summed E-state index contributed by atoms with van der Waals surface area (Å²) in [6.07, 6.45) is -4.78. The van der Waals surface area contributed by atoms with Gasteiger partial charge in [-0.1, -0.05) is 11.6 Å². The van der Waals surface area contributed by atoms with Crippen LogP contribution in [0.2, 0.25) is 5.02 Å². The van der Waals surface area contributed by atoms with Crippen LogP contribution in [0.4, 0.5) is 13.2 Å². The van der Waals surface area contributed by atoms with E-state index in [1.807, 2.05) is 0 Å². The minimum atomic E-state index is -4.78. The highest BCUT2D eigenvalue weighted by atomic mass is 35.5. The summed E-state index contributed by atoms with van der Waals surface area (Å²) in [7, 11) is 0. The molecular formula is C8H3ClF3NO. The Bertz CT molecular complexity index is 383. The SMILES string of the molecule is N#Cc1ccc(OC(F)(F)F)c(Cl)c1. The summed E-state index contributed by atoms with van der Waals surface area (Å²) < 4.78 is 38.9. The second kappa shape index (κ2) is 3.76. The highest BCUT2D eigenvalue weighted by Crippen LogP contribution is 2.30. The van der Waals surface area contributed by atoms with Crippen LogP contribution in [-0.4, -0.2) is 6.36 Å². The molecule has 6 heteroatoms. The second-order valence-corrected chi connectivity index (χ2v) is 2.71. The first-order valence-corrected chi connectivity index (χ1v) is 3.75. The molecule has 74 valence electrons. The lowest BCUT2D eigenvalue weighted by molar-refractivity contribution is -0.274. The van der Waals surface area contributed by atoms with Gasteiger partial charge >= 0.3 is 6.36 Å². The molecule has 0 bridgehead atoms. The Hall–Kier alpha value is -1.41. The molecule has 1 rings (SSSR count). The largest absolute Gasteiger partial charge is 0.573 e. The molecule has 1 aromatic carbocycles. The summed E-state index contributed by atoms with van der Waals surface area (Å²) in [5, 5.41) is 8.17. The van der Waals surface area contributed by atoms with Crippen molar-refractivity contribution in [3.05, 3.63) is 28.8 Å². The van der Waals surface area contributed by atoms with Crippen molar-refractivity contribution in [3.8, 4) is 11.8 Å². The Labute approximate surface area is 82.5 Å². The summed E-state index contributed by atoms with van der Waals surface area (Å²) in [6, 6.07) is 5.02. The minimum absolute atomic E-state index is 0.171. The molecule has 0 saturated heterocycles. The summed E-state index contributed by atoms with van der Waals surface area (Å²) in [5.41, 5.74) is 0.171. The van der Waals surface area contributed by atoms with Gasteiger partial charge in [0.05, 0.1) is 16.7 Å². The lowest BCUT2D eigenvalue weighted by Gasteiger charge is -2.09. The maximum absolute atomic E-state index is 11.8. The van der Waals surface area contributed by atoms with Gasteiger partial charge in [-0.15, -0.1) is 13.2 Å². The standard InChI is InChI=1S/C8H3ClF3NO/c9-6-3-5(4-13)1-2-7(6)14-8(10,11)12/h1-3H. The maximum atomic E-state index is 11.8. The number of ether oxygens (including phenoxy) is 1. The van der Waals surface area contributed by atoms with Crippen molar-refractivity contribution >= 4 is 11.6 Å². The van der Waals surface area contributed by atoms with E-state index >= 15 is 0 Å². The Morgan fingerprint density at radius 3 is 2.43 bits per heavy atom. The van der Waals surface area contributed by atoms with Crippen LogP contribution in [0.15, 0.2) is 18.2 Å². The molecule has 0 atom stereocenters. The first-order valence-electron chi connectivity index (χ1n) is 3.38. The molecule has 1 aromatic rings. The van der Waals surface area contributed by atoms with Gasteiger partial charge in [0.25, 0.3) is 0 Å². The van der Waals surface area contributed by atoms with Gasteiger partial charge in [0.15, 0.2) is 0 Å². The first kappa shape index (κ1) is 10.7. The average molecular weight is 222 g/mol. The van der Waals surface area contributed by atoms with E-state index in [1.165, 1.54) is 6.07 Å². The third kappa shape index (κ3) is 2.82. The van der Waals surface area contributed by atoms with Gasteiger partial charge in [0, 0.05) is 0 Å². The summed E-state index contributed by atoms with van der Waals surface area (Å²) >= 11 is 5.44. The molecule has 0 heterocycles. The second-order valence-electron chi connectivity index (χ2n) is 2.30. The summed E-state index contributed by atoms with van der Waals surface area (Å²) in [6.45, 7) is 0. The number of benzene rings is 1. The van der Waals surface area contributed by atoms with Crippen molar-refractivity contribution in [1.29, 1.82) is 5.26 Å². The highest BCUT2D eigenvalue weighted by molar-refractivity contribution is 6.32. The van der Waals surface area contributed by atoms with Gasteiger partial charge in [0.1, 0.15) is 5.75 Å². The molecule has 0 aliphatic rings. The average Bonchev–Trinajstić information content (AvgIpc) is 2.06. The third-order valence-corrected chi connectivity index (χ3v) is 1.58. The van der Waals surface area contributed by atoms with Crippen LogP contribution < -0.4 is 4.74 Å². The molecule has 0 spiro atoms. The fraction of sp³-hybridized carbons (Fsp3) is 0.125. The van der Waals surface area contributed by atoms with Crippen LogP contribution in [0.25, 0.3) is 0 Å². The van der Waals surface area contributed by atoms with Crippen LogP contribution in [0, 0.1) is 11.3 Å². The Balaban J connectivity index is 2.97. The van der Waals surface area contributed by atoms with E-state index in [0.29, 0.717) is 0 Å². The van der Waals surface area contributed by atoms with Crippen LogP contribution in [-0.2, 0) is 0 Å². The maximum Gasteiger partial charge on any atom is 0.573 e. The monoisotopic (exact) mass is 221 g/mol. The number of alkyl halides is 3. The van der Waals surface area contributed by atoms with Gasteiger partial charge in [-0.3, -0.25) is 0 Å².